The first kappa shape index (κ1) is 21.8. The fourth-order valence-electron chi connectivity index (χ4n) is 3.96. The van der Waals surface area contributed by atoms with Gasteiger partial charge in [0.1, 0.15) is 11.6 Å². The third kappa shape index (κ3) is 4.29. The molecule has 166 valence electrons. The van der Waals surface area contributed by atoms with Crippen LogP contribution in [0.5, 0.6) is 5.75 Å². The summed E-state index contributed by atoms with van der Waals surface area (Å²) >= 11 is 0. The highest BCUT2D eigenvalue weighted by Crippen LogP contribution is 2.26. The minimum atomic E-state index is -0.458. The summed E-state index contributed by atoms with van der Waals surface area (Å²) in [5, 5.41) is 3.47. The zero-order chi connectivity index (χ0) is 22.7. The van der Waals surface area contributed by atoms with Crippen LogP contribution < -0.4 is 20.4 Å². The van der Waals surface area contributed by atoms with Gasteiger partial charge in [-0.25, -0.2) is 4.39 Å². The Morgan fingerprint density at radius 2 is 1.91 bits per heavy atom. The van der Waals surface area contributed by atoms with Gasteiger partial charge in [0, 0.05) is 44.3 Å². The number of rotatable bonds is 6. The third-order valence-electron chi connectivity index (χ3n) is 5.76. The molecule has 1 aliphatic rings. The minimum Gasteiger partial charge on any atom is -0.497 e. The molecule has 6 nitrogen and oxygen atoms in total. The third-order valence-corrected chi connectivity index (χ3v) is 5.76. The van der Waals surface area contributed by atoms with E-state index in [1.807, 2.05) is 28.5 Å². The van der Waals surface area contributed by atoms with Gasteiger partial charge in [0.25, 0.3) is 0 Å². The van der Waals surface area contributed by atoms with Crippen molar-refractivity contribution < 1.29 is 13.9 Å². The van der Waals surface area contributed by atoms with Crippen molar-refractivity contribution in [1.82, 2.24) is 9.88 Å². The lowest BCUT2D eigenvalue weighted by atomic mass is 10.1. The van der Waals surface area contributed by atoms with E-state index >= 15 is 0 Å². The van der Waals surface area contributed by atoms with Crippen LogP contribution in [0.1, 0.15) is 22.8 Å². The van der Waals surface area contributed by atoms with Crippen molar-refractivity contribution in [3.63, 3.8) is 0 Å². The normalized spacial score (nSPS) is 14.3. The maximum absolute atomic E-state index is 15.0. The number of carbonyl (C=O) groups is 1. The molecule has 0 bridgehead atoms. The first-order chi connectivity index (χ1) is 15.5. The number of allylic oxidation sites excluding steroid dienone is 1. The molecule has 4 rings (SSSR count). The number of ether oxygens (including phenoxy) is 1. The Bertz CT molecular complexity index is 1230. The summed E-state index contributed by atoms with van der Waals surface area (Å²) in [4.78, 5) is 27.9. The molecule has 0 saturated carbocycles. The molecule has 0 radical (unpaired) electrons. The van der Waals surface area contributed by atoms with E-state index in [4.69, 9.17) is 4.74 Å². The highest BCUT2D eigenvalue weighted by atomic mass is 19.1. The number of nitrogens with one attached hydrogen (secondary N) is 1. The number of ketones is 1. The molecule has 32 heavy (non-hydrogen) atoms. The topological polar surface area (TPSA) is 63.6 Å². The average Bonchev–Trinajstić information content (AvgIpc) is 2.83. The number of pyridine rings is 1. The fraction of sp³-hybridized carbons (Fsp3) is 0.280. The fourth-order valence-corrected chi connectivity index (χ4v) is 3.96. The van der Waals surface area contributed by atoms with Gasteiger partial charge in [-0.15, -0.1) is 0 Å². The molecule has 1 fully saturated rings. The van der Waals surface area contributed by atoms with Crippen molar-refractivity contribution in [2.75, 3.05) is 38.2 Å². The quantitative estimate of drug-likeness (QED) is 0.475. The maximum Gasteiger partial charge on any atom is 0.200 e. The molecule has 1 aliphatic heterocycles. The van der Waals surface area contributed by atoms with Gasteiger partial charge in [0.05, 0.1) is 23.9 Å². The Morgan fingerprint density at radius 1 is 1.19 bits per heavy atom. The number of carbonyl (C=O) groups excluding carboxylic acids is 1. The van der Waals surface area contributed by atoms with Crippen LogP contribution in [0.4, 0.5) is 10.1 Å². The van der Waals surface area contributed by atoms with Crippen molar-refractivity contribution in [3.05, 3.63) is 75.8 Å². The van der Waals surface area contributed by atoms with E-state index in [2.05, 4.69) is 5.32 Å². The van der Waals surface area contributed by atoms with Gasteiger partial charge < -0.3 is 19.5 Å². The molecule has 1 saturated heterocycles. The molecular weight excluding hydrogens is 409 g/mol. The molecule has 0 spiro atoms. The number of hydrogen-bond donors (Lipinski definition) is 1. The summed E-state index contributed by atoms with van der Waals surface area (Å²) in [7, 11) is 1.59. The van der Waals surface area contributed by atoms with Crippen molar-refractivity contribution in [3.8, 4) is 5.75 Å². The smallest absolute Gasteiger partial charge is 0.200 e. The van der Waals surface area contributed by atoms with Crippen molar-refractivity contribution in [2.24, 2.45) is 0 Å². The van der Waals surface area contributed by atoms with Gasteiger partial charge in [-0.2, -0.15) is 0 Å². The number of methoxy groups -OCH3 is 1. The Morgan fingerprint density at radius 3 is 2.56 bits per heavy atom. The van der Waals surface area contributed by atoms with Crippen LogP contribution in [-0.4, -0.2) is 43.6 Å². The van der Waals surface area contributed by atoms with Crippen LogP contribution >= 0.6 is 0 Å². The Kier molecular flexibility index (Phi) is 6.37. The van der Waals surface area contributed by atoms with E-state index in [0.29, 0.717) is 30.8 Å². The summed E-state index contributed by atoms with van der Waals surface area (Å²) in [6.45, 7) is 5.44. The van der Waals surface area contributed by atoms with E-state index in [1.54, 1.807) is 37.6 Å². The van der Waals surface area contributed by atoms with E-state index in [0.717, 1.165) is 24.4 Å². The molecule has 1 N–H and O–H groups in total. The van der Waals surface area contributed by atoms with Gasteiger partial charge in [0.2, 0.25) is 5.43 Å². The van der Waals surface area contributed by atoms with Crippen LogP contribution in [0.25, 0.3) is 17.0 Å². The lowest BCUT2D eigenvalue weighted by Gasteiger charge is -2.30. The van der Waals surface area contributed by atoms with E-state index in [1.165, 1.54) is 12.1 Å². The summed E-state index contributed by atoms with van der Waals surface area (Å²) < 4.78 is 21.9. The van der Waals surface area contributed by atoms with Gasteiger partial charge in [-0.1, -0.05) is 18.2 Å². The van der Waals surface area contributed by atoms with Crippen LogP contribution in [-0.2, 0) is 6.54 Å². The predicted molar refractivity (Wildman–Crippen MR) is 125 cm³/mol. The molecule has 0 unspecified atom stereocenters. The Hall–Kier alpha value is -3.45. The van der Waals surface area contributed by atoms with Crippen molar-refractivity contribution in [1.29, 1.82) is 0 Å². The molecule has 7 heteroatoms. The second kappa shape index (κ2) is 9.36. The molecule has 3 aromatic rings. The van der Waals surface area contributed by atoms with Crippen LogP contribution in [0.3, 0.4) is 0 Å². The first-order valence-corrected chi connectivity index (χ1v) is 10.7. The summed E-state index contributed by atoms with van der Waals surface area (Å²) in [5.74, 6) is -0.143. The molecule has 0 aliphatic carbocycles. The lowest BCUT2D eigenvalue weighted by Crippen LogP contribution is -2.43. The second-order valence-electron chi connectivity index (χ2n) is 7.69. The molecule has 0 amide bonds. The van der Waals surface area contributed by atoms with Gasteiger partial charge in [-0.3, -0.25) is 9.59 Å². The second-order valence-corrected chi connectivity index (χ2v) is 7.69. The number of piperazine rings is 1. The first-order valence-electron chi connectivity index (χ1n) is 10.7. The zero-order valence-corrected chi connectivity index (χ0v) is 18.2. The standard InChI is InChI=1S/C25H26FN3O3/c1-3-28-16-20(24(30)9-6-17-4-7-18(32-2)8-5-17)25(31)19-14-21(26)23(15-22(19)28)29-12-10-27-11-13-29/h4-9,14-16,27H,3,10-13H2,1-2H3/b9-6+. The Labute approximate surface area is 185 Å². The monoisotopic (exact) mass is 435 g/mol. The number of aromatic nitrogens is 1. The molecule has 0 atom stereocenters. The highest BCUT2D eigenvalue weighted by Gasteiger charge is 2.19. The minimum absolute atomic E-state index is 0.0263. The molecule has 1 aromatic heterocycles. The molecular formula is C25H26FN3O3. The molecule has 2 heterocycles. The molecule has 2 aromatic carbocycles. The van der Waals surface area contributed by atoms with Gasteiger partial charge in [-0.05, 0) is 42.8 Å². The van der Waals surface area contributed by atoms with Crippen molar-refractivity contribution in [2.45, 2.75) is 13.5 Å². The van der Waals surface area contributed by atoms with Gasteiger partial charge in [0.15, 0.2) is 5.78 Å². The van der Waals surface area contributed by atoms with Gasteiger partial charge >= 0.3 is 0 Å². The predicted octanol–water partition coefficient (Wildman–Crippen LogP) is 3.47. The maximum atomic E-state index is 15.0. The number of aryl methyl sites for hydroxylation is 1. The number of fused-ring (bicyclic) bond motifs is 1. The van der Waals surface area contributed by atoms with E-state index in [-0.39, 0.29) is 10.9 Å². The van der Waals surface area contributed by atoms with E-state index < -0.39 is 17.0 Å². The Balaban J connectivity index is 1.72. The van der Waals surface area contributed by atoms with E-state index in [9.17, 15) is 14.0 Å². The number of benzene rings is 2. The summed E-state index contributed by atoms with van der Waals surface area (Å²) in [5.41, 5.74) is 1.49. The summed E-state index contributed by atoms with van der Waals surface area (Å²) in [6.07, 6.45) is 4.59. The van der Waals surface area contributed by atoms with Crippen molar-refractivity contribution >= 4 is 28.4 Å². The lowest BCUT2D eigenvalue weighted by molar-refractivity contribution is 0.104. The largest absolute Gasteiger partial charge is 0.497 e. The zero-order valence-electron chi connectivity index (χ0n) is 18.2. The SMILES string of the molecule is CCn1cc(C(=O)/C=C/c2ccc(OC)cc2)c(=O)c2cc(F)c(N3CCNCC3)cc21. The van der Waals surface area contributed by atoms with Crippen LogP contribution in [0.15, 0.2) is 53.5 Å². The van der Waals surface area contributed by atoms with Crippen LogP contribution in [0.2, 0.25) is 0 Å². The number of hydrogen-bond acceptors (Lipinski definition) is 5. The average molecular weight is 435 g/mol. The number of nitrogens with zero attached hydrogens (tertiary/aromatic N) is 2. The highest BCUT2D eigenvalue weighted by molar-refractivity contribution is 6.08. The number of anilines is 1. The van der Waals surface area contributed by atoms with Crippen LogP contribution in [0, 0.1) is 5.82 Å². The summed E-state index contributed by atoms with van der Waals surface area (Å²) in [6, 6.07) is 10.2. The number of halogens is 1.